The summed E-state index contributed by atoms with van der Waals surface area (Å²) in [5.74, 6) is 0.186. The average molecular weight is 151 g/mol. The molecule has 0 aliphatic carbocycles. The van der Waals surface area contributed by atoms with Crippen molar-refractivity contribution in [2.45, 2.75) is 19.5 Å². The maximum absolute atomic E-state index is 8.37. The van der Waals surface area contributed by atoms with Crippen LogP contribution in [-0.4, -0.2) is 20.8 Å². The second-order valence-electron chi connectivity index (χ2n) is 2.38. The lowest BCUT2D eigenvalue weighted by Crippen LogP contribution is -2.22. The van der Waals surface area contributed by atoms with Crippen LogP contribution in [0.4, 0.5) is 0 Å². The van der Waals surface area contributed by atoms with E-state index in [2.05, 4.69) is 10.1 Å². The molecule has 1 aromatic rings. The summed E-state index contributed by atoms with van der Waals surface area (Å²) in [4.78, 5) is 3.72. The van der Waals surface area contributed by atoms with E-state index in [0.717, 1.165) is 0 Å². The van der Waals surface area contributed by atoms with E-state index >= 15 is 0 Å². The molecule has 0 aromatic carbocycles. The van der Waals surface area contributed by atoms with Gasteiger partial charge < -0.3 is 5.73 Å². The van der Waals surface area contributed by atoms with Gasteiger partial charge in [-0.15, -0.1) is 5.10 Å². The summed E-state index contributed by atoms with van der Waals surface area (Å²) < 4.78 is 1.56. The van der Waals surface area contributed by atoms with E-state index in [9.17, 15) is 0 Å². The molecule has 2 N–H and O–H groups in total. The Balaban J connectivity index is 2.67. The van der Waals surface area contributed by atoms with Gasteiger partial charge in [0, 0.05) is 6.04 Å². The summed E-state index contributed by atoms with van der Waals surface area (Å²) in [6, 6.07) is 1.87. The highest BCUT2D eigenvalue weighted by Crippen LogP contribution is 1.88. The monoisotopic (exact) mass is 151 g/mol. The van der Waals surface area contributed by atoms with Crippen molar-refractivity contribution in [3.05, 3.63) is 12.2 Å². The number of nitrogens with zero attached hydrogens (tertiary/aromatic N) is 4. The second kappa shape index (κ2) is 3.12. The first kappa shape index (κ1) is 7.69. The van der Waals surface area contributed by atoms with Gasteiger partial charge in [-0.05, 0) is 6.92 Å². The number of hydrogen-bond donors (Lipinski definition) is 1. The zero-order valence-electron chi connectivity index (χ0n) is 6.23. The Hall–Kier alpha value is -1.41. The number of aromatic nitrogens is 3. The first-order chi connectivity index (χ1) is 5.22. The Labute approximate surface area is 64.5 Å². The Morgan fingerprint density at radius 2 is 2.64 bits per heavy atom. The van der Waals surface area contributed by atoms with Gasteiger partial charge in [0.1, 0.15) is 12.4 Å². The molecule has 0 radical (unpaired) electrons. The van der Waals surface area contributed by atoms with Gasteiger partial charge in [0.25, 0.3) is 5.82 Å². The Bertz CT molecular complexity index is 269. The van der Waals surface area contributed by atoms with Crippen LogP contribution in [0, 0.1) is 11.3 Å². The van der Waals surface area contributed by atoms with Gasteiger partial charge in [0.05, 0.1) is 6.54 Å². The third-order valence-corrected chi connectivity index (χ3v) is 1.11. The minimum atomic E-state index is 0.0308. The third kappa shape index (κ3) is 2.02. The van der Waals surface area contributed by atoms with Crippen LogP contribution in [0.3, 0.4) is 0 Å². The maximum atomic E-state index is 8.37. The molecule has 0 amide bonds. The molecule has 0 bridgehead atoms. The van der Waals surface area contributed by atoms with Crippen molar-refractivity contribution in [2.24, 2.45) is 5.73 Å². The van der Waals surface area contributed by atoms with Gasteiger partial charge >= 0.3 is 0 Å². The topological polar surface area (TPSA) is 80.5 Å². The average Bonchev–Trinajstić information content (AvgIpc) is 2.34. The Morgan fingerprint density at radius 1 is 1.91 bits per heavy atom. The highest BCUT2D eigenvalue weighted by Gasteiger charge is 1.99. The highest BCUT2D eigenvalue weighted by atomic mass is 15.3. The van der Waals surface area contributed by atoms with E-state index in [-0.39, 0.29) is 11.9 Å². The smallest absolute Gasteiger partial charge is 0.252 e. The quantitative estimate of drug-likeness (QED) is 0.617. The van der Waals surface area contributed by atoms with Crippen molar-refractivity contribution in [3.63, 3.8) is 0 Å². The highest BCUT2D eigenvalue weighted by molar-refractivity contribution is 5.05. The normalized spacial score (nSPS) is 12.5. The van der Waals surface area contributed by atoms with Crippen molar-refractivity contribution in [1.29, 1.82) is 5.26 Å². The van der Waals surface area contributed by atoms with Crippen LogP contribution in [0.25, 0.3) is 0 Å². The van der Waals surface area contributed by atoms with Gasteiger partial charge in [-0.25, -0.2) is 4.98 Å². The van der Waals surface area contributed by atoms with E-state index < -0.39 is 0 Å². The summed E-state index contributed by atoms with van der Waals surface area (Å²) in [7, 11) is 0. The minimum Gasteiger partial charge on any atom is -0.326 e. The lowest BCUT2D eigenvalue weighted by molar-refractivity contribution is 0.536. The van der Waals surface area contributed by atoms with Crippen molar-refractivity contribution in [1.82, 2.24) is 14.8 Å². The van der Waals surface area contributed by atoms with Crippen LogP contribution in [0.15, 0.2) is 6.33 Å². The predicted molar refractivity (Wildman–Crippen MR) is 38.4 cm³/mol. The SMILES string of the molecule is CC(N)Cn1cnc(C#N)n1. The van der Waals surface area contributed by atoms with Crippen molar-refractivity contribution < 1.29 is 0 Å². The van der Waals surface area contributed by atoms with Crippen LogP contribution >= 0.6 is 0 Å². The summed E-state index contributed by atoms with van der Waals surface area (Å²) in [5.41, 5.74) is 5.50. The van der Waals surface area contributed by atoms with Crippen LogP contribution in [-0.2, 0) is 6.54 Å². The summed E-state index contributed by atoms with van der Waals surface area (Å²) >= 11 is 0. The van der Waals surface area contributed by atoms with E-state index in [1.165, 1.54) is 6.33 Å². The van der Waals surface area contributed by atoms with Crippen molar-refractivity contribution in [3.8, 4) is 6.07 Å². The number of rotatable bonds is 2. The molecule has 5 nitrogen and oxygen atoms in total. The summed E-state index contributed by atoms with van der Waals surface area (Å²) in [6.07, 6.45) is 1.50. The lowest BCUT2D eigenvalue weighted by atomic mass is 10.4. The molecule has 1 atom stereocenters. The van der Waals surface area contributed by atoms with Gasteiger partial charge in [-0.2, -0.15) is 5.26 Å². The number of nitriles is 1. The molecule has 0 saturated heterocycles. The lowest BCUT2D eigenvalue weighted by Gasteiger charge is -2.01. The molecule has 0 fully saturated rings. The fourth-order valence-electron chi connectivity index (χ4n) is 0.729. The zero-order chi connectivity index (χ0) is 8.27. The van der Waals surface area contributed by atoms with Gasteiger partial charge in [0.2, 0.25) is 0 Å². The summed E-state index contributed by atoms with van der Waals surface area (Å²) in [6.45, 7) is 2.46. The second-order valence-corrected chi connectivity index (χ2v) is 2.38. The molecule has 0 spiro atoms. The summed E-state index contributed by atoms with van der Waals surface area (Å²) in [5, 5.41) is 12.2. The van der Waals surface area contributed by atoms with Crippen molar-refractivity contribution in [2.75, 3.05) is 0 Å². The fraction of sp³-hybridized carbons (Fsp3) is 0.500. The van der Waals surface area contributed by atoms with Gasteiger partial charge in [-0.3, -0.25) is 4.68 Å². The molecule has 0 aliphatic heterocycles. The van der Waals surface area contributed by atoms with E-state index in [4.69, 9.17) is 11.0 Å². The molecule has 1 rings (SSSR count). The number of nitrogens with two attached hydrogens (primary N) is 1. The molecule has 58 valence electrons. The van der Waals surface area contributed by atoms with E-state index in [1.807, 2.05) is 13.0 Å². The van der Waals surface area contributed by atoms with Gasteiger partial charge in [-0.1, -0.05) is 0 Å². The minimum absolute atomic E-state index is 0.0308. The molecule has 0 aliphatic rings. The van der Waals surface area contributed by atoms with E-state index in [0.29, 0.717) is 6.54 Å². The zero-order valence-corrected chi connectivity index (χ0v) is 6.23. The molecular formula is C6H9N5. The van der Waals surface area contributed by atoms with E-state index in [1.54, 1.807) is 4.68 Å². The largest absolute Gasteiger partial charge is 0.326 e. The molecule has 0 saturated carbocycles. The first-order valence-corrected chi connectivity index (χ1v) is 3.27. The molecular weight excluding hydrogens is 142 g/mol. The van der Waals surface area contributed by atoms with Crippen LogP contribution in [0.1, 0.15) is 12.7 Å². The Kier molecular flexibility index (Phi) is 2.18. The van der Waals surface area contributed by atoms with Crippen molar-refractivity contribution >= 4 is 0 Å². The number of hydrogen-bond acceptors (Lipinski definition) is 4. The maximum Gasteiger partial charge on any atom is 0.252 e. The molecule has 1 heterocycles. The van der Waals surface area contributed by atoms with Gasteiger partial charge in [0.15, 0.2) is 0 Å². The fourth-order valence-corrected chi connectivity index (χ4v) is 0.729. The first-order valence-electron chi connectivity index (χ1n) is 3.27. The molecule has 11 heavy (non-hydrogen) atoms. The van der Waals surface area contributed by atoms with Crippen LogP contribution in [0.5, 0.6) is 0 Å². The third-order valence-electron chi connectivity index (χ3n) is 1.11. The van der Waals surface area contributed by atoms with Crippen LogP contribution < -0.4 is 5.73 Å². The Morgan fingerprint density at radius 3 is 3.09 bits per heavy atom. The predicted octanol–water partition coefficient (Wildman–Crippen LogP) is -0.503. The standard InChI is InChI=1S/C6H9N5/c1-5(8)3-11-4-9-6(2-7)10-11/h4-5H,3,8H2,1H3. The molecule has 5 heteroatoms. The molecule has 1 unspecified atom stereocenters. The van der Waals surface area contributed by atoms with Crippen LogP contribution in [0.2, 0.25) is 0 Å². The molecule has 1 aromatic heterocycles.